The van der Waals surface area contributed by atoms with E-state index in [4.69, 9.17) is 14.2 Å². The predicted molar refractivity (Wildman–Crippen MR) is 144 cm³/mol. The molecule has 1 aliphatic rings. The number of carbonyl (C=O) groups is 4. The largest absolute Gasteiger partial charge is 0.480 e. The molecule has 0 heterocycles. The molecular formula is C30H30N2O8. The minimum atomic E-state index is -1.45. The molecule has 0 radical (unpaired) electrons. The molecular weight excluding hydrogens is 516 g/mol. The highest BCUT2D eigenvalue weighted by atomic mass is 16.6. The van der Waals surface area contributed by atoms with Crippen molar-refractivity contribution in [1.82, 2.24) is 10.6 Å². The summed E-state index contributed by atoms with van der Waals surface area (Å²) in [5, 5.41) is 14.1. The minimum Gasteiger partial charge on any atom is -0.480 e. The van der Waals surface area contributed by atoms with Crippen molar-refractivity contribution in [3.05, 3.63) is 95.6 Å². The highest BCUT2D eigenvalue weighted by Crippen LogP contribution is 2.44. The second-order valence-electron chi connectivity index (χ2n) is 9.23. The molecule has 1 unspecified atom stereocenters. The van der Waals surface area contributed by atoms with E-state index in [1.165, 1.54) is 7.11 Å². The van der Waals surface area contributed by atoms with E-state index in [-0.39, 0.29) is 25.7 Å². The number of methoxy groups -OCH3 is 1. The van der Waals surface area contributed by atoms with Crippen LogP contribution in [0.1, 0.15) is 29.0 Å². The van der Waals surface area contributed by atoms with Gasteiger partial charge in [0.1, 0.15) is 19.3 Å². The summed E-state index contributed by atoms with van der Waals surface area (Å²) in [5.74, 6) is -3.20. The van der Waals surface area contributed by atoms with Gasteiger partial charge in [-0.3, -0.25) is 9.59 Å². The summed E-state index contributed by atoms with van der Waals surface area (Å²) in [6.07, 6.45) is -1.47. The Morgan fingerprint density at radius 2 is 1.40 bits per heavy atom. The zero-order chi connectivity index (χ0) is 28.5. The Kier molecular flexibility index (Phi) is 9.48. The first-order valence-electron chi connectivity index (χ1n) is 12.7. The number of carbonyl (C=O) groups excluding carboxylic acids is 3. The minimum absolute atomic E-state index is 0.00587. The van der Waals surface area contributed by atoms with E-state index >= 15 is 0 Å². The summed E-state index contributed by atoms with van der Waals surface area (Å²) in [6.45, 7) is -0.342. The molecule has 0 aliphatic heterocycles. The van der Waals surface area contributed by atoms with Crippen molar-refractivity contribution >= 4 is 23.9 Å². The maximum Gasteiger partial charge on any atom is 0.407 e. The number of aliphatic carboxylic acids is 1. The number of hydrogen-bond acceptors (Lipinski definition) is 7. The van der Waals surface area contributed by atoms with Crippen molar-refractivity contribution in [3.63, 3.8) is 0 Å². The van der Waals surface area contributed by atoms with Gasteiger partial charge in [-0.25, -0.2) is 9.59 Å². The van der Waals surface area contributed by atoms with E-state index in [1.807, 2.05) is 54.6 Å². The zero-order valence-electron chi connectivity index (χ0n) is 21.9. The molecule has 0 saturated carbocycles. The highest BCUT2D eigenvalue weighted by Gasteiger charge is 2.32. The highest BCUT2D eigenvalue weighted by molar-refractivity contribution is 5.92. The average Bonchev–Trinajstić information content (AvgIpc) is 3.28. The van der Waals surface area contributed by atoms with Crippen LogP contribution in [-0.2, 0) is 35.2 Å². The second-order valence-corrected chi connectivity index (χ2v) is 9.23. The lowest BCUT2D eigenvalue weighted by atomic mass is 9.98. The Morgan fingerprint density at radius 1 is 0.800 bits per heavy atom. The maximum atomic E-state index is 13.0. The summed E-state index contributed by atoms with van der Waals surface area (Å²) in [6, 6.07) is 21.8. The van der Waals surface area contributed by atoms with Crippen molar-refractivity contribution in [2.24, 2.45) is 0 Å². The first-order valence-corrected chi connectivity index (χ1v) is 12.7. The molecule has 3 aromatic carbocycles. The fourth-order valence-corrected chi connectivity index (χ4v) is 4.57. The van der Waals surface area contributed by atoms with E-state index in [0.29, 0.717) is 0 Å². The summed E-state index contributed by atoms with van der Waals surface area (Å²) >= 11 is 0. The summed E-state index contributed by atoms with van der Waals surface area (Å²) in [7, 11) is 1.29. The van der Waals surface area contributed by atoms with Crippen LogP contribution in [0.3, 0.4) is 0 Å². The van der Waals surface area contributed by atoms with Gasteiger partial charge in [-0.2, -0.15) is 0 Å². The Morgan fingerprint density at radius 3 is 2.00 bits per heavy atom. The summed E-state index contributed by atoms with van der Waals surface area (Å²) < 4.78 is 15.6. The number of benzene rings is 3. The van der Waals surface area contributed by atoms with Crippen molar-refractivity contribution in [1.29, 1.82) is 0 Å². The zero-order valence-corrected chi connectivity index (χ0v) is 21.9. The molecule has 0 saturated heterocycles. The molecule has 208 valence electrons. The van der Waals surface area contributed by atoms with Crippen LogP contribution in [0.5, 0.6) is 0 Å². The standard InChI is InChI=1S/C30H30N2O8/c1-38-18-26(29(35)36)31-28(34)25(15-27(33)39-16-19-9-3-2-4-10-19)32-30(37)40-17-24-22-13-7-5-11-20(22)21-12-6-8-14-23(21)24/h2-14,24-26H,15-18H2,1H3,(H,31,34)(H,32,37)(H,35,36)/t25-,26?/m0/s1. The predicted octanol–water partition coefficient (Wildman–Crippen LogP) is 3.24. The van der Waals surface area contributed by atoms with Crippen LogP contribution in [0.15, 0.2) is 78.9 Å². The van der Waals surface area contributed by atoms with Gasteiger partial charge < -0.3 is 30.0 Å². The third-order valence-electron chi connectivity index (χ3n) is 6.51. The van der Waals surface area contributed by atoms with Crippen LogP contribution < -0.4 is 10.6 Å². The van der Waals surface area contributed by atoms with Gasteiger partial charge in [0.25, 0.3) is 0 Å². The fraction of sp³-hybridized carbons (Fsp3) is 0.267. The Labute approximate surface area is 231 Å². The van der Waals surface area contributed by atoms with Gasteiger partial charge in [-0.1, -0.05) is 78.9 Å². The first kappa shape index (κ1) is 28.3. The van der Waals surface area contributed by atoms with Crippen molar-refractivity contribution < 1.29 is 38.5 Å². The molecule has 10 nitrogen and oxygen atoms in total. The molecule has 10 heteroatoms. The first-order chi connectivity index (χ1) is 19.4. The number of carboxylic acid groups (broad SMARTS) is 1. The molecule has 2 atom stereocenters. The lowest BCUT2D eigenvalue weighted by Gasteiger charge is -2.21. The van der Waals surface area contributed by atoms with Crippen LogP contribution in [0, 0.1) is 0 Å². The third kappa shape index (κ3) is 7.03. The molecule has 3 aromatic rings. The molecule has 0 fully saturated rings. The number of rotatable bonds is 12. The quantitative estimate of drug-likeness (QED) is 0.294. The van der Waals surface area contributed by atoms with Gasteiger partial charge in [-0.05, 0) is 27.8 Å². The Balaban J connectivity index is 1.42. The van der Waals surface area contributed by atoms with Gasteiger partial charge >= 0.3 is 18.0 Å². The van der Waals surface area contributed by atoms with Gasteiger partial charge in [0, 0.05) is 13.0 Å². The lowest BCUT2D eigenvalue weighted by Crippen LogP contribution is -2.53. The van der Waals surface area contributed by atoms with Gasteiger partial charge in [0.2, 0.25) is 5.91 Å². The van der Waals surface area contributed by atoms with Crippen LogP contribution in [-0.4, -0.2) is 61.5 Å². The molecule has 1 aliphatic carbocycles. The van der Waals surface area contributed by atoms with Gasteiger partial charge in [0.15, 0.2) is 6.04 Å². The van der Waals surface area contributed by atoms with Crippen molar-refractivity contribution in [3.8, 4) is 11.1 Å². The Bertz CT molecular complexity index is 1320. The van der Waals surface area contributed by atoms with Crippen LogP contribution in [0.25, 0.3) is 11.1 Å². The normalized spacial score (nSPS) is 13.3. The van der Waals surface area contributed by atoms with E-state index < -0.39 is 42.4 Å². The number of esters is 1. The van der Waals surface area contributed by atoms with Crippen LogP contribution in [0.4, 0.5) is 4.79 Å². The summed E-state index contributed by atoms with van der Waals surface area (Å²) in [5.41, 5.74) is 4.89. The number of amides is 2. The second kappa shape index (κ2) is 13.4. The third-order valence-corrected chi connectivity index (χ3v) is 6.51. The van der Waals surface area contributed by atoms with Crippen LogP contribution >= 0.6 is 0 Å². The number of nitrogens with one attached hydrogen (secondary N) is 2. The molecule has 2 amide bonds. The number of ether oxygens (including phenoxy) is 3. The molecule has 0 spiro atoms. The average molecular weight is 547 g/mol. The topological polar surface area (TPSA) is 140 Å². The number of hydrogen-bond donors (Lipinski definition) is 3. The molecule has 40 heavy (non-hydrogen) atoms. The van der Waals surface area contributed by atoms with Crippen molar-refractivity contribution in [2.45, 2.75) is 31.0 Å². The number of alkyl carbamates (subject to hydrolysis) is 1. The van der Waals surface area contributed by atoms with Gasteiger partial charge in [-0.15, -0.1) is 0 Å². The fourth-order valence-electron chi connectivity index (χ4n) is 4.57. The maximum absolute atomic E-state index is 13.0. The molecule has 0 bridgehead atoms. The van der Waals surface area contributed by atoms with Crippen molar-refractivity contribution in [2.75, 3.05) is 20.3 Å². The van der Waals surface area contributed by atoms with Crippen LogP contribution in [0.2, 0.25) is 0 Å². The molecule has 3 N–H and O–H groups in total. The number of carboxylic acids is 1. The van der Waals surface area contributed by atoms with Gasteiger partial charge in [0.05, 0.1) is 13.0 Å². The SMILES string of the molecule is COCC(NC(=O)[C@H](CC(=O)OCc1ccccc1)NC(=O)OCC1c2ccccc2-c2ccccc21)C(=O)O. The smallest absolute Gasteiger partial charge is 0.407 e. The Hall–Kier alpha value is -4.70. The van der Waals surface area contributed by atoms with E-state index in [1.54, 1.807) is 24.3 Å². The molecule has 0 aromatic heterocycles. The lowest BCUT2D eigenvalue weighted by molar-refractivity contribution is -0.147. The number of fused-ring (bicyclic) bond motifs is 3. The van der Waals surface area contributed by atoms with E-state index in [2.05, 4.69) is 10.6 Å². The monoisotopic (exact) mass is 546 g/mol. The molecule has 4 rings (SSSR count). The van der Waals surface area contributed by atoms with E-state index in [0.717, 1.165) is 27.8 Å². The van der Waals surface area contributed by atoms with E-state index in [9.17, 15) is 24.3 Å². The summed E-state index contributed by atoms with van der Waals surface area (Å²) in [4.78, 5) is 49.9.